The summed E-state index contributed by atoms with van der Waals surface area (Å²) in [5.74, 6) is -0.176. The van der Waals surface area contributed by atoms with E-state index in [4.69, 9.17) is 5.73 Å². The van der Waals surface area contributed by atoms with E-state index in [1.807, 2.05) is 0 Å². The zero-order chi connectivity index (χ0) is 14.5. The van der Waals surface area contributed by atoms with Gasteiger partial charge in [0.15, 0.2) is 0 Å². The Kier molecular flexibility index (Phi) is 5.46. The molecule has 1 rings (SSSR count). The maximum absolute atomic E-state index is 11.9. The maximum Gasteiger partial charge on any atom is 0.242 e. The molecule has 0 radical (unpaired) electrons. The van der Waals surface area contributed by atoms with E-state index in [-0.39, 0.29) is 10.8 Å². The van der Waals surface area contributed by atoms with E-state index >= 15 is 0 Å². The lowest BCUT2D eigenvalue weighted by Gasteiger charge is -2.12. The molecule has 0 atom stereocenters. The van der Waals surface area contributed by atoms with Gasteiger partial charge in [0.05, 0.1) is 4.90 Å². The van der Waals surface area contributed by atoms with Crippen molar-refractivity contribution in [2.75, 3.05) is 26.0 Å². The first-order chi connectivity index (χ1) is 8.87. The summed E-state index contributed by atoms with van der Waals surface area (Å²) < 4.78 is 25.0. The highest BCUT2D eigenvalue weighted by Crippen LogP contribution is 2.18. The molecule has 0 heterocycles. The minimum atomic E-state index is -3.49. The summed E-state index contributed by atoms with van der Waals surface area (Å²) >= 11 is 0. The van der Waals surface area contributed by atoms with Gasteiger partial charge in [0.25, 0.3) is 0 Å². The number of carbonyl (C=O) groups is 1. The fraction of sp³-hybridized carbons (Fsp3) is 0.417. The number of carbonyl (C=O) groups excluding carboxylic acids is 1. The molecule has 0 aliphatic carbocycles. The summed E-state index contributed by atoms with van der Waals surface area (Å²) in [4.78, 5) is 11.7. The first-order valence-electron chi connectivity index (χ1n) is 5.90. The van der Waals surface area contributed by atoms with Gasteiger partial charge in [0.1, 0.15) is 0 Å². The molecule has 19 heavy (non-hydrogen) atoms. The lowest BCUT2D eigenvalue weighted by atomic mass is 10.2. The van der Waals surface area contributed by atoms with Gasteiger partial charge in [0.2, 0.25) is 15.9 Å². The van der Waals surface area contributed by atoms with E-state index in [1.54, 1.807) is 12.1 Å². The molecule has 0 spiro atoms. The molecule has 0 saturated heterocycles. The number of hydrogen-bond acceptors (Lipinski definition) is 4. The standard InChI is InChI=1S/C12H19N3O3S/c1-15(2)19(17,18)11-6-3-5-10(9-11)14-12(16)7-4-8-13/h3,5-6,9H,4,7-8,13H2,1-2H3,(H,14,16). The SMILES string of the molecule is CN(C)S(=O)(=O)c1cccc(NC(=O)CCCN)c1. The average molecular weight is 285 g/mol. The van der Waals surface area contributed by atoms with Gasteiger partial charge in [-0.3, -0.25) is 4.79 Å². The molecule has 3 N–H and O–H groups in total. The number of benzene rings is 1. The van der Waals surface area contributed by atoms with Crippen LogP contribution in [-0.2, 0) is 14.8 Å². The smallest absolute Gasteiger partial charge is 0.242 e. The number of rotatable bonds is 6. The minimum Gasteiger partial charge on any atom is -0.330 e. The molecule has 1 aromatic rings. The highest BCUT2D eigenvalue weighted by molar-refractivity contribution is 7.89. The van der Waals surface area contributed by atoms with Gasteiger partial charge in [-0.1, -0.05) is 6.07 Å². The molecular formula is C12H19N3O3S. The number of amides is 1. The molecule has 0 aromatic heterocycles. The van der Waals surface area contributed by atoms with Crippen LogP contribution >= 0.6 is 0 Å². The van der Waals surface area contributed by atoms with Crippen LogP contribution in [0.15, 0.2) is 29.2 Å². The van der Waals surface area contributed by atoms with Crippen molar-refractivity contribution in [1.82, 2.24) is 4.31 Å². The summed E-state index contributed by atoms with van der Waals surface area (Å²) in [6.07, 6.45) is 0.919. The van der Waals surface area contributed by atoms with Crippen LogP contribution in [-0.4, -0.2) is 39.3 Å². The molecule has 6 nitrogen and oxygen atoms in total. The predicted molar refractivity (Wildman–Crippen MR) is 74.2 cm³/mol. The van der Waals surface area contributed by atoms with Crippen molar-refractivity contribution in [2.45, 2.75) is 17.7 Å². The van der Waals surface area contributed by atoms with Crippen molar-refractivity contribution < 1.29 is 13.2 Å². The Morgan fingerprint density at radius 3 is 2.63 bits per heavy atom. The van der Waals surface area contributed by atoms with Crippen molar-refractivity contribution in [3.8, 4) is 0 Å². The van der Waals surface area contributed by atoms with E-state index in [2.05, 4.69) is 5.32 Å². The van der Waals surface area contributed by atoms with Crippen LogP contribution in [0.2, 0.25) is 0 Å². The molecule has 0 saturated carbocycles. The number of hydrogen-bond donors (Lipinski definition) is 2. The highest BCUT2D eigenvalue weighted by Gasteiger charge is 2.17. The van der Waals surface area contributed by atoms with Crippen molar-refractivity contribution in [1.29, 1.82) is 0 Å². The van der Waals surface area contributed by atoms with E-state index in [0.29, 0.717) is 25.1 Å². The minimum absolute atomic E-state index is 0.147. The summed E-state index contributed by atoms with van der Waals surface area (Å²) in [5, 5.41) is 2.65. The molecule has 106 valence electrons. The second-order valence-electron chi connectivity index (χ2n) is 4.26. The fourth-order valence-corrected chi connectivity index (χ4v) is 2.38. The van der Waals surface area contributed by atoms with Gasteiger partial charge in [-0.05, 0) is 31.2 Å². The second kappa shape index (κ2) is 6.65. The highest BCUT2D eigenvalue weighted by atomic mass is 32.2. The van der Waals surface area contributed by atoms with Crippen molar-refractivity contribution in [3.05, 3.63) is 24.3 Å². The molecule has 0 aliphatic rings. The van der Waals surface area contributed by atoms with Crippen LogP contribution in [0.5, 0.6) is 0 Å². The van der Waals surface area contributed by atoms with Crippen molar-refractivity contribution >= 4 is 21.6 Å². The summed E-state index contributed by atoms with van der Waals surface area (Å²) in [6.45, 7) is 0.447. The van der Waals surface area contributed by atoms with Crippen LogP contribution < -0.4 is 11.1 Å². The van der Waals surface area contributed by atoms with Crippen molar-refractivity contribution in [2.24, 2.45) is 5.73 Å². The molecule has 1 aromatic carbocycles. The van der Waals surface area contributed by atoms with Gasteiger partial charge in [0, 0.05) is 26.2 Å². The molecule has 0 bridgehead atoms. The third-order valence-electron chi connectivity index (χ3n) is 2.50. The largest absolute Gasteiger partial charge is 0.330 e. The third-order valence-corrected chi connectivity index (χ3v) is 4.32. The fourth-order valence-electron chi connectivity index (χ4n) is 1.43. The number of anilines is 1. The lowest BCUT2D eigenvalue weighted by molar-refractivity contribution is -0.116. The van der Waals surface area contributed by atoms with E-state index in [1.165, 1.54) is 26.2 Å². The van der Waals surface area contributed by atoms with E-state index in [9.17, 15) is 13.2 Å². The molecule has 0 fully saturated rings. The second-order valence-corrected chi connectivity index (χ2v) is 6.41. The summed E-state index contributed by atoms with van der Waals surface area (Å²) in [6, 6.07) is 6.17. The number of sulfonamides is 1. The van der Waals surface area contributed by atoms with Crippen molar-refractivity contribution in [3.63, 3.8) is 0 Å². The zero-order valence-corrected chi connectivity index (χ0v) is 11.9. The predicted octanol–water partition coefficient (Wildman–Crippen LogP) is 0.614. The molecule has 7 heteroatoms. The lowest BCUT2D eigenvalue weighted by Crippen LogP contribution is -2.22. The maximum atomic E-state index is 11.9. The van der Waals surface area contributed by atoms with Gasteiger partial charge in [-0.2, -0.15) is 0 Å². The molecule has 1 amide bonds. The zero-order valence-electron chi connectivity index (χ0n) is 11.1. The average Bonchev–Trinajstić information content (AvgIpc) is 2.36. The van der Waals surface area contributed by atoms with Gasteiger partial charge < -0.3 is 11.1 Å². The Balaban J connectivity index is 2.87. The molecule has 0 aliphatic heterocycles. The van der Waals surface area contributed by atoms with Crippen LogP contribution in [0.4, 0.5) is 5.69 Å². The van der Waals surface area contributed by atoms with E-state index in [0.717, 1.165) is 4.31 Å². The Bertz CT molecular complexity index is 541. The Hall–Kier alpha value is -1.44. The number of nitrogens with two attached hydrogens (primary N) is 1. The number of nitrogens with zero attached hydrogens (tertiary/aromatic N) is 1. The molecule has 0 unspecified atom stereocenters. The van der Waals surface area contributed by atoms with Gasteiger partial charge >= 0.3 is 0 Å². The number of nitrogens with one attached hydrogen (secondary N) is 1. The van der Waals surface area contributed by atoms with Crippen LogP contribution in [0, 0.1) is 0 Å². The first kappa shape index (κ1) is 15.6. The first-order valence-corrected chi connectivity index (χ1v) is 7.34. The Labute approximate surface area is 113 Å². The van der Waals surface area contributed by atoms with Crippen LogP contribution in [0.25, 0.3) is 0 Å². The monoisotopic (exact) mass is 285 g/mol. The normalized spacial score (nSPS) is 11.6. The topological polar surface area (TPSA) is 92.5 Å². The van der Waals surface area contributed by atoms with Gasteiger partial charge in [-0.25, -0.2) is 12.7 Å². The van der Waals surface area contributed by atoms with Crippen LogP contribution in [0.3, 0.4) is 0 Å². The third kappa shape index (κ3) is 4.30. The Morgan fingerprint density at radius 2 is 2.05 bits per heavy atom. The summed E-state index contributed by atoms with van der Waals surface area (Å²) in [5.41, 5.74) is 5.78. The molecular weight excluding hydrogens is 266 g/mol. The van der Waals surface area contributed by atoms with E-state index < -0.39 is 10.0 Å². The van der Waals surface area contributed by atoms with Gasteiger partial charge in [-0.15, -0.1) is 0 Å². The Morgan fingerprint density at radius 1 is 1.37 bits per heavy atom. The summed E-state index contributed by atoms with van der Waals surface area (Å²) in [7, 11) is -0.570. The quantitative estimate of drug-likeness (QED) is 0.801. The van der Waals surface area contributed by atoms with Crippen LogP contribution in [0.1, 0.15) is 12.8 Å².